The summed E-state index contributed by atoms with van der Waals surface area (Å²) in [4.78, 5) is 26.0. The summed E-state index contributed by atoms with van der Waals surface area (Å²) in [6.07, 6.45) is 3.68. The molecular formula is C23H30N2O3S. The van der Waals surface area contributed by atoms with Crippen LogP contribution < -0.4 is 5.32 Å². The van der Waals surface area contributed by atoms with Crippen LogP contribution in [0, 0.1) is 34.5 Å². The van der Waals surface area contributed by atoms with Gasteiger partial charge in [-0.2, -0.15) is 5.26 Å². The van der Waals surface area contributed by atoms with Crippen molar-refractivity contribution in [1.29, 1.82) is 5.26 Å². The number of aliphatic carboxylic acids is 1. The number of hydrogen-bond acceptors (Lipinski definition) is 4. The minimum Gasteiger partial charge on any atom is -0.481 e. The number of carbonyl (C=O) groups is 2. The molecule has 1 heterocycles. The van der Waals surface area contributed by atoms with Crippen molar-refractivity contribution in [1.82, 2.24) is 0 Å². The van der Waals surface area contributed by atoms with E-state index in [0.717, 1.165) is 36.0 Å². The van der Waals surface area contributed by atoms with Crippen molar-refractivity contribution in [3.63, 3.8) is 0 Å². The lowest BCUT2D eigenvalue weighted by molar-refractivity contribution is -0.146. The van der Waals surface area contributed by atoms with Crippen LogP contribution in [-0.4, -0.2) is 17.0 Å². The maximum Gasteiger partial charge on any atom is 0.307 e. The van der Waals surface area contributed by atoms with Crippen LogP contribution in [0.5, 0.6) is 0 Å². The van der Waals surface area contributed by atoms with Crippen molar-refractivity contribution in [2.45, 2.75) is 66.7 Å². The largest absolute Gasteiger partial charge is 0.481 e. The van der Waals surface area contributed by atoms with Crippen LogP contribution in [0.3, 0.4) is 0 Å². The van der Waals surface area contributed by atoms with E-state index < -0.39 is 17.8 Å². The maximum absolute atomic E-state index is 13.0. The zero-order valence-electron chi connectivity index (χ0n) is 17.9. The Morgan fingerprint density at radius 1 is 1.14 bits per heavy atom. The second-order valence-corrected chi connectivity index (χ2v) is 10.7. The quantitative estimate of drug-likeness (QED) is 0.669. The average molecular weight is 415 g/mol. The molecule has 0 saturated heterocycles. The molecule has 0 fully saturated rings. The van der Waals surface area contributed by atoms with Crippen molar-refractivity contribution in [2.75, 3.05) is 5.32 Å². The van der Waals surface area contributed by atoms with Gasteiger partial charge in [-0.25, -0.2) is 0 Å². The van der Waals surface area contributed by atoms with Gasteiger partial charge in [0.15, 0.2) is 0 Å². The predicted octanol–water partition coefficient (Wildman–Crippen LogP) is 5.16. The van der Waals surface area contributed by atoms with Crippen LogP contribution in [0.25, 0.3) is 0 Å². The smallest absolute Gasteiger partial charge is 0.307 e. The minimum atomic E-state index is -0.934. The third-order valence-corrected chi connectivity index (χ3v) is 7.93. The highest BCUT2D eigenvalue weighted by molar-refractivity contribution is 7.16. The molecule has 5 nitrogen and oxygen atoms in total. The van der Waals surface area contributed by atoms with Crippen molar-refractivity contribution >= 4 is 28.2 Å². The summed E-state index contributed by atoms with van der Waals surface area (Å²) < 4.78 is 0. The average Bonchev–Trinajstić information content (AvgIpc) is 2.98. The zero-order chi connectivity index (χ0) is 21.5. The van der Waals surface area contributed by atoms with E-state index in [2.05, 4.69) is 32.2 Å². The van der Waals surface area contributed by atoms with E-state index in [4.69, 9.17) is 0 Å². The lowest BCUT2D eigenvalue weighted by Crippen LogP contribution is -2.36. The van der Waals surface area contributed by atoms with Crippen LogP contribution in [0.2, 0.25) is 0 Å². The van der Waals surface area contributed by atoms with Crippen molar-refractivity contribution in [3.05, 3.63) is 27.2 Å². The van der Waals surface area contributed by atoms with E-state index in [0.29, 0.717) is 29.3 Å². The summed E-state index contributed by atoms with van der Waals surface area (Å²) >= 11 is 1.50. The van der Waals surface area contributed by atoms with Gasteiger partial charge in [0.25, 0.3) is 0 Å². The van der Waals surface area contributed by atoms with Crippen molar-refractivity contribution in [2.24, 2.45) is 23.2 Å². The highest BCUT2D eigenvalue weighted by Crippen LogP contribution is 2.44. The molecule has 0 radical (unpaired) electrons. The predicted molar refractivity (Wildman–Crippen MR) is 115 cm³/mol. The lowest BCUT2D eigenvalue weighted by Gasteiger charge is -2.33. The van der Waals surface area contributed by atoms with Gasteiger partial charge in [-0.3, -0.25) is 9.59 Å². The van der Waals surface area contributed by atoms with E-state index in [1.54, 1.807) is 0 Å². The number of carbonyl (C=O) groups excluding carboxylic acids is 1. The Morgan fingerprint density at radius 2 is 1.76 bits per heavy atom. The van der Waals surface area contributed by atoms with E-state index in [-0.39, 0.29) is 11.3 Å². The summed E-state index contributed by atoms with van der Waals surface area (Å²) in [5.74, 6) is -2.00. The number of anilines is 1. The third kappa shape index (κ3) is 4.25. The van der Waals surface area contributed by atoms with Gasteiger partial charge in [-0.05, 0) is 62.8 Å². The Morgan fingerprint density at radius 3 is 2.31 bits per heavy atom. The monoisotopic (exact) mass is 414 g/mol. The molecule has 6 heteroatoms. The second kappa shape index (κ2) is 7.95. The number of fused-ring (bicyclic) bond motifs is 1. The fraction of sp³-hybridized carbons (Fsp3) is 0.609. The summed E-state index contributed by atoms with van der Waals surface area (Å²) in [7, 11) is 0. The third-order valence-electron chi connectivity index (χ3n) is 6.76. The highest BCUT2D eigenvalue weighted by atomic mass is 32.1. The van der Waals surface area contributed by atoms with Crippen LogP contribution >= 0.6 is 11.3 Å². The number of amides is 1. The summed E-state index contributed by atoms with van der Waals surface area (Å²) in [5.41, 5.74) is 3.98. The fourth-order valence-electron chi connectivity index (χ4n) is 4.56. The Kier molecular flexibility index (Phi) is 5.91. The van der Waals surface area contributed by atoms with E-state index in [1.165, 1.54) is 16.2 Å². The molecule has 1 amide bonds. The van der Waals surface area contributed by atoms with Gasteiger partial charge < -0.3 is 10.4 Å². The molecule has 1 aromatic rings. The number of nitrogens with zero attached hydrogens (tertiary/aromatic N) is 1. The number of carboxylic acids is 1. The first-order valence-electron chi connectivity index (χ1n) is 10.3. The van der Waals surface area contributed by atoms with Crippen LogP contribution in [-0.2, 0) is 22.4 Å². The highest BCUT2D eigenvalue weighted by Gasteiger charge is 2.38. The first-order valence-corrected chi connectivity index (χ1v) is 11.1. The van der Waals surface area contributed by atoms with Crippen LogP contribution in [0.15, 0.2) is 11.1 Å². The number of carboxylic acid groups (broad SMARTS) is 1. The van der Waals surface area contributed by atoms with E-state index in [1.807, 2.05) is 13.8 Å². The van der Waals surface area contributed by atoms with Gasteiger partial charge in [0, 0.05) is 4.88 Å². The number of rotatable bonds is 3. The Bertz CT molecular complexity index is 914. The molecule has 2 N–H and O–H groups in total. The zero-order valence-corrected chi connectivity index (χ0v) is 18.7. The molecule has 0 aliphatic heterocycles. The first-order chi connectivity index (χ1) is 13.5. The molecule has 0 aromatic carbocycles. The Labute approximate surface area is 176 Å². The van der Waals surface area contributed by atoms with Gasteiger partial charge in [-0.1, -0.05) is 31.9 Å². The molecule has 3 rings (SSSR count). The summed E-state index contributed by atoms with van der Waals surface area (Å²) in [5, 5.41) is 22.9. The first kappa shape index (κ1) is 21.6. The molecule has 3 atom stereocenters. The van der Waals surface area contributed by atoms with Crippen molar-refractivity contribution in [3.8, 4) is 6.07 Å². The molecule has 2 aliphatic carbocycles. The molecule has 1 aromatic heterocycles. The topological polar surface area (TPSA) is 90.2 Å². The SMILES string of the molecule is CC1=C(C)C[C@@H](C(=O)Nc2sc3c(c2C#N)CC[C@@H](C(C)(C)C)C3)[C@H](C(=O)O)C1. The number of hydrogen-bond donors (Lipinski definition) is 2. The lowest BCUT2D eigenvalue weighted by atomic mass is 9.72. The molecule has 156 valence electrons. The Hall–Kier alpha value is -2.13. The van der Waals surface area contributed by atoms with Gasteiger partial charge in [0.05, 0.1) is 17.4 Å². The normalized spacial score (nSPS) is 24.6. The fourth-order valence-corrected chi connectivity index (χ4v) is 5.84. The van der Waals surface area contributed by atoms with Gasteiger partial charge in [-0.15, -0.1) is 11.3 Å². The molecule has 0 saturated carbocycles. The molecular weight excluding hydrogens is 384 g/mol. The van der Waals surface area contributed by atoms with Crippen molar-refractivity contribution < 1.29 is 14.7 Å². The summed E-state index contributed by atoms with van der Waals surface area (Å²) in [6.45, 7) is 10.6. The molecule has 0 unspecified atom stereocenters. The number of nitriles is 1. The van der Waals surface area contributed by atoms with Gasteiger partial charge in [0.2, 0.25) is 5.91 Å². The number of nitrogens with one attached hydrogen (secondary N) is 1. The van der Waals surface area contributed by atoms with E-state index in [9.17, 15) is 20.0 Å². The molecule has 0 spiro atoms. The van der Waals surface area contributed by atoms with E-state index >= 15 is 0 Å². The van der Waals surface area contributed by atoms with Gasteiger partial charge in [0.1, 0.15) is 11.1 Å². The second-order valence-electron chi connectivity index (χ2n) is 9.63. The molecule has 2 aliphatic rings. The number of allylic oxidation sites excluding steroid dienone is 2. The van der Waals surface area contributed by atoms with Crippen LogP contribution in [0.1, 0.15) is 69.9 Å². The van der Waals surface area contributed by atoms with Gasteiger partial charge >= 0.3 is 5.97 Å². The molecule has 29 heavy (non-hydrogen) atoms. The summed E-state index contributed by atoms with van der Waals surface area (Å²) in [6, 6.07) is 2.29. The number of thiophene rings is 1. The Balaban J connectivity index is 1.85. The molecule has 0 bridgehead atoms. The van der Waals surface area contributed by atoms with Crippen LogP contribution in [0.4, 0.5) is 5.00 Å². The minimum absolute atomic E-state index is 0.205. The standard InChI is InChI=1S/C23H30N2O3S/c1-12-8-16(17(22(27)28)9-13(12)2)20(26)25-21-18(11-24)15-7-6-14(23(3,4)5)10-19(15)29-21/h14,16-17H,6-10H2,1-5H3,(H,25,26)(H,27,28)/t14-,16-,17-/m1/s1. The maximum atomic E-state index is 13.0.